The van der Waals surface area contributed by atoms with Gasteiger partial charge in [-0.15, -0.1) is 0 Å². The highest BCUT2D eigenvalue weighted by atomic mass is 19.4. The van der Waals surface area contributed by atoms with Gasteiger partial charge in [0.25, 0.3) is 0 Å². The molecule has 112 valence electrons. The SMILES string of the molecule is CCC1CC2=CC=CC(c3ccc(C(F)(F)F)cc3)C2C1. The highest BCUT2D eigenvalue weighted by molar-refractivity contribution is 5.37. The fraction of sp³-hybridized carbons (Fsp3) is 0.444. The van der Waals surface area contributed by atoms with Crippen molar-refractivity contribution in [3.8, 4) is 0 Å². The lowest BCUT2D eigenvalue weighted by atomic mass is 9.79. The van der Waals surface area contributed by atoms with Gasteiger partial charge in [0.2, 0.25) is 0 Å². The number of rotatable bonds is 2. The van der Waals surface area contributed by atoms with Crippen molar-refractivity contribution in [3.05, 3.63) is 59.2 Å². The molecule has 1 saturated carbocycles. The van der Waals surface area contributed by atoms with Gasteiger partial charge in [0, 0.05) is 5.92 Å². The Morgan fingerprint density at radius 1 is 1.14 bits per heavy atom. The molecule has 2 aliphatic carbocycles. The van der Waals surface area contributed by atoms with Gasteiger partial charge in [-0.05, 0) is 42.4 Å². The molecule has 0 N–H and O–H groups in total. The molecular formula is C18H19F3. The van der Waals surface area contributed by atoms with Crippen molar-refractivity contribution in [2.24, 2.45) is 11.8 Å². The number of fused-ring (bicyclic) bond motifs is 1. The van der Waals surface area contributed by atoms with E-state index >= 15 is 0 Å². The van der Waals surface area contributed by atoms with Crippen LogP contribution in [0.3, 0.4) is 0 Å². The molecule has 0 amide bonds. The molecule has 21 heavy (non-hydrogen) atoms. The van der Waals surface area contributed by atoms with Crippen LogP contribution in [0.15, 0.2) is 48.1 Å². The van der Waals surface area contributed by atoms with E-state index in [0.29, 0.717) is 5.92 Å². The zero-order valence-electron chi connectivity index (χ0n) is 12.0. The molecule has 3 heteroatoms. The Balaban J connectivity index is 1.84. The van der Waals surface area contributed by atoms with Crippen LogP contribution in [0.25, 0.3) is 0 Å². The van der Waals surface area contributed by atoms with Gasteiger partial charge in [0.15, 0.2) is 0 Å². The van der Waals surface area contributed by atoms with Crippen LogP contribution in [0.2, 0.25) is 0 Å². The molecule has 0 radical (unpaired) electrons. The lowest BCUT2D eigenvalue weighted by Crippen LogP contribution is -2.13. The van der Waals surface area contributed by atoms with Gasteiger partial charge in [0.05, 0.1) is 5.56 Å². The minimum absolute atomic E-state index is 0.226. The molecular weight excluding hydrogens is 273 g/mol. The Kier molecular flexibility index (Phi) is 3.68. The largest absolute Gasteiger partial charge is 0.416 e. The van der Waals surface area contributed by atoms with Crippen LogP contribution < -0.4 is 0 Å². The summed E-state index contributed by atoms with van der Waals surface area (Å²) in [6.07, 6.45) is 5.60. The van der Waals surface area contributed by atoms with E-state index in [4.69, 9.17) is 0 Å². The average Bonchev–Trinajstić information content (AvgIpc) is 2.89. The second-order valence-electron chi connectivity index (χ2n) is 6.09. The summed E-state index contributed by atoms with van der Waals surface area (Å²) in [6, 6.07) is 5.68. The first kappa shape index (κ1) is 14.4. The Bertz CT molecular complexity index is 563. The molecule has 1 fully saturated rings. The second-order valence-corrected chi connectivity index (χ2v) is 6.09. The molecule has 0 spiro atoms. The topological polar surface area (TPSA) is 0 Å². The summed E-state index contributed by atoms with van der Waals surface area (Å²) in [5.41, 5.74) is 1.89. The van der Waals surface area contributed by atoms with Crippen LogP contribution in [0, 0.1) is 11.8 Å². The number of benzene rings is 1. The molecule has 0 aromatic heterocycles. The van der Waals surface area contributed by atoms with Crippen molar-refractivity contribution in [1.82, 2.24) is 0 Å². The fourth-order valence-corrected chi connectivity index (χ4v) is 3.63. The van der Waals surface area contributed by atoms with E-state index in [0.717, 1.165) is 24.3 Å². The van der Waals surface area contributed by atoms with E-state index in [-0.39, 0.29) is 5.92 Å². The molecule has 0 heterocycles. The summed E-state index contributed by atoms with van der Waals surface area (Å²) in [6.45, 7) is 2.21. The maximum atomic E-state index is 12.7. The Morgan fingerprint density at radius 2 is 1.86 bits per heavy atom. The molecule has 3 rings (SSSR count). The van der Waals surface area contributed by atoms with E-state index in [9.17, 15) is 13.2 Å². The Hall–Kier alpha value is -1.51. The molecule has 0 saturated heterocycles. The number of hydrogen-bond acceptors (Lipinski definition) is 0. The van der Waals surface area contributed by atoms with Crippen molar-refractivity contribution >= 4 is 0 Å². The highest BCUT2D eigenvalue weighted by Gasteiger charge is 2.35. The minimum Gasteiger partial charge on any atom is -0.166 e. The first-order valence-corrected chi connectivity index (χ1v) is 7.53. The first-order chi connectivity index (χ1) is 9.99. The molecule has 2 aliphatic rings. The number of hydrogen-bond donors (Lipinski definition) is 0. The predicted molar refractivity (Wildman–Crippen MR) is 77.9 cm³/mol. The smallest absolute Gasteiger partial charge is 0.166 e. The molecule has 0 nitrogen and oxygen atoms in total. The molecule has 1 aromatic rings. The summed E-state index contributed by atoms with van der Waals surface area (Å²) < 4.78 is 38.0. The van der Waals surface area contributed by atoms with Gasteiger partial charge < -0.3 is 0 Å². The number of halogens is 3. The van der Waals surface area contributed by atoms with Gasteiger partial charge >= 0.3 is 6.18 Å². The van der Waals surface area contributed by atoms with Crippen molar-refractivity contribution < 1.29 is 13.2 Å². The van der Waals surface area contributed by atoms with Crippen LogP contribution in [0.1, 0.15) is 43.2 Å². The minimum atomic E-state index is -4.26. The maximum absolute atomic E-state index is 12.7. The van der Waals surface area contributed by atoms with E-state index < -0.39 is 11.7 Å². The average molecular weight is 292 g/mol. The van der Waals surface area contributed by atoms with Gasteiger partial charge in [-0.2, -0.15) is 13.2 Å². The van der Waals surface area contributed by atoms with E-state index in [1.54, 1.807) is 12.1 Å². The zero-order valence-corrected chi connectivity index (χ0v) is 12.0. The fourth-order valence-electron chi connectivity index (χ4n) is 3.63. The van der Waals surface area contributed by atoms with Crippen LogP contribution >= 0.6 is 0 Å². The molecule has 0 bridgehead atoms. The van der Waals surface area contributed by atoms with Crippen molar-refractivity contribution in [3.63, 3.8) is 0 Å². The molecule has 3 atom stereocenters. The van der Waals surface area contributed by atoms with Crippen molar-refractivity contribution in [2.45, 2.75) is 38.3 Å². The standard InChI is InChI=1S/C18H19F3/c1-2-12-10-14-4-3-5-16(17(14)11-12)13-6-8-15(9-7-13)18(19,20)21/h3-9,12,16-17H,2,10-11H2,1H3. The summed E-state index contributed by atoms with van der Waals surface area (Å²) in [7, 11) is 0. The maximum Gasteiger partial charge on any atom is 0.416 e. The molecule has 0 aliphatic heterocycles. The monoisotopic (exact) mass is 292 g/mol. The first-order valence-electron chi connectivity index (χ1n) is 7.53. The normalized spacial score (nSPS) is 28.4. The molecule has 3 unspecified atom stereocenters. The van der Waals surface area contributed by atoms with Crippen molar-refractivity contribution in [1.29, 1.82) is 0 Å². The number of alkyl halides is 3. The van der Waals surface area contributed by atoms with Gasteiger partial charge in [-0.1, -0.05) is 49.3 Å². The lowest BCUT2D eigenvalue weighted by molar-refractivity contribution is -0.137. The second kappa shape index (κ2) is 5.36. The van der Waals surface area contributed by atoms with E-state index in [2.05, 4.69) is 25.2 Å². The van der Waals surface area contributed by atoms with Crippen molar-refractivity contribution in [2.75, 3.05) is 0 Å². The Morgan fingerprint density at radius 3 is 2.48 bits per heavy atom. The molecule has 1 aromatic carbocycles. The quantitative estimate of drug-likeness (QED) is 0.654. The third-order valence-corrected chi connectivity index (χ3v) is 4.85. The van der Waals surface area contributed by atoms with Gasteiger partial charge in [0.1, 0.15) is 0 Å². The van der Waals surface area contributed by atoms with E-state index in [1.807, 2.05) is 0 Å². The van der Waals surface area contributed by atoms with Crippen LogP contribution in [0.4, 0.5) is 13.2 Å². The van der Waals surface area contributed by atoms with Crippen LogP contribution in [-0.2, 0) is 6.18 Å². The summed E-state index contributed by atoms with van der Waals surface area (Å²) in [4.78, 5) is 0. The van der Waals surface area contributed by atoms with Gasteiger partial charge in [-0.25, -0.2) is 0 Å². The zero-order chi connectivity index (χ0) is 15.0. The third-order valence-electron chi connectivity index (χ3n) is 4.85. The highest BCUT2D eigenvalue weighted by Crippen LogP contribution is 2.47. The number of allylic oxidation sites excluding steroid dienone is 4. The Labute approximate surface area is 123 Å². The summed E-state index contributed by atoms with van der Waals surface area (Å²) in [5.74, 6) is 1.42. The third kappa shape index (κ3) is 2.78. The van der Waals surface area contributed by atoms with Gasteiger partial charge in [-0.3, -0.25) is 0 Å². The van der Waals surface area contributed by atoms with Crippen LogP contribution in [-0.4, -0.2) is 0 Å². The van der Waals surface area contributed by atoms with Crippen LogP contribution in [0.5, 0.6) is 0 Å². The summed E-state index contributed by atoms with van der Waals surface area (Å²) >= 11 is 0. The predicted octanol–water partition coefficient (Wildman–Crippen LogP) is 5.72. The lowest BCUT2D eigenvalue weighted by Gasteiger charge is -2.25. The van der Waals surface area contributed by atoms with E-state index in [1.165, 1.54) is 24.1 Å². The summed E-state index contributed by atoms with van der Waals surface area (Å²) in [5, 5.41) is 0.